The Morgan fingerprint density at radius 2 is 1.95 bits per heavy atom. The molecule has 0 saturated carbocycles. The SMILES string of the molecule is Cc1nn(C)c(C)c1C(=O)N1CCCC1C1CCNCC1. The van der Waals surface area contributed by atoms with Gasteiger partial charge in [-0.25, -0.2) is 0 Å². The van der Waals surface area contributed by atoms with E-state index in [4.69, 9.17) is 0 Å². The molecular weight excluding hydrogens is 264 g/mol. The molecule has 1 aromatic heterocycles. The lowest BCUT2D eigenvalue weighted by Crippen LogP contribution is -2.44. The fraction of sp³-hybridized carbons (Fsp3) is 0.750. The highest BCUT2D eigenvalue weighted by Gasteiger charge is 2.36. The van der Waals surface area contributed by atoms with Crippen LogP contribution in [0.2, 0.25) is 0 Å². The zero-order chi connectivity index (χ0) is 15.0. The summed E-state index contributed by atoms with van der Waals surface area (Å²) < 4.78 is 1.82. The first kappa shape index (κ1) is 14.6. The van der Waals surface area contributed by atoms with Crippen molar-refractivity contribution in [1.82, 2.24) is 20.0 Å². The van der Waals surface area contributed by atoms with E-state index in [1.165, 1.54) is 12.8 Å². The molecule has 1 aromatic rings. The zero-order valence-electron chi connectivity index (χ0n) is 13.4. The second-order valence-corrected chi connectivity index (χ2v) is 6.46. The van der Waals surface area contributed by atoms with E-state index in [1.54, 1.807) is 0 Å². The average molecular weight is 290 g/mol. The van der Waals surface area contributed by atoms with E-state index < -0.39 is 0 Å². The van der Waals surface area contributed by atoms with E-state index in [-0.39, 0.29) is 5.91 Å². The van der Waals surface area contributed by atoms with Crippen LogP contribution in [0.5, 0.6) is 0 Å². The summed E-state index contributed by atoms with van der Waals surface area (Å²) in [5, 5.41) is 7.82. The van der Waals surface area contributed by atoms with Gasteiger partial charge >= 0.3 is 0 Å². The van der Waals surface area contributed by atoms with Gasteiger partial charge in [-0.15, -0.1) is 0 Å². The summed E-state index contributed by atoms with van der Waals surface area (Å²) in [4.78, 5) is 15.1. The van der Waals surface area contributed by atoms with Crippen LogP contribution in [0.15, 0.2) is 0 Å². The first-order chi connectivity index (χ1) is 10.1. The molecule has 2 saturated heterocycles. The number of amides is 1. The van der Waals surface area contributed by atoms with Gasteiger partial charge in [0.2, 0.25) is 0 Å². The summed E-state index contributed by atoms with van der Waals surface area (Å²) in [6.45, 7) is 7.02. The van der Waals surface area contributed by atoms with E-state index in [0.29, 0.717) is 12.0 Å². The molecule has 1 amide bonds. The van der Waals surface area contributed by atoms with Crippen LogP contribution < -0.4 is 5.32 Å². The Morgan fingerprint density at radius 3 is 2.57 bits per heavy atom. The van der Waals surface area contributed by atoms with Gasteiger partial charge in [-0.1, -0.05) is 0 Å². The largest absolute Gasteiger partial charge is 0.335 e. The summed E-state index contributed by atoms with van der Waals surface area (Å²) in [6.07, 6.45) is 4.69. The van der Waals surface area contributed by atoms with Crippen molar-refractivity contribution in [2.45, 2.75) is 45.6 Å². The minimum atomic E-state index is 0.194. The van der Waals surface area contributed by atoms with Gasteiger partial charge in [0.05, 0.1) is 11.3 Å². The Balaban J connectivity index is 1.82. The fourth-order valence-electron chi connectivity index (χ4n) is 3.99. The standard InChI is InChI=1S/C16H26N4O/c1-11-15(12(2)19(3)18-11)16(21)20-10-4-5-14(20)13-6-8-17-9-7-13/h13-14,17H,4-10H2,1-3H3. The predicted molar refractivity (Wildman–Crippen MR) is 82.3 cm³/mol. The maximum atomic E-state index is 13.0. The van der Waals surface area contributed by atoms with Gasteiger partial charge in [0.1, 0.15) is 0 Å². The van der Waals surface area contributed by atoms with Crippen LogP contribution in [0, 0.1) is 19.8 Å². The topological polar surface area (TPSA) is 50.2 Å². The monoisotopic (exact) mass is 290 g/mol. The summed E-state index contributed by atoms with van der Waals surface area (Å²) in [6, 6.07) is 0.429. The Morgan fingerprint density at radius 1 is 1.24 bits per heavy atom. The summed E-state index contributed by atoms with van der Waals surface area (Å²) in [7, 11) is 1.91. The molecule has 21 heavy (non-hydrogen) atoms. The molecular formula is C16H26N4O. The minimum Gasteiger partial charge on any atom is -0.335 e. The molecule has 1 unspecified atom stereocenters. The number of aromatic nitrogens is 2. The van der Waals surface area contributed by atoms with Crippen molar-refractivity contribution in [2.24, 2.45) is 13.0 Å². The second kappa shape index (κ2) is 5.79. The van der Waals surface area contributed by atoms with Crippen molar-refractivity contribution in [2.75, 3.05) is 19.6 Å². The maximum absolute atomic E-state index is 13.0. The van der Waals surface area contributed by atoms with E-state index in [1.807, 2.05) is 25.6 Å². The molecule has 0 aliphatic carbocycles. The third-order valence-electron chi connectivity index (χ3n) is 5.21. The van der Waals surface area contributed by atoms with E-state index in [0.717, 1.165) is 49.4 Å². The highest BCUT2D eigenvalue weighted by molar-refractivity contribution is 5.96. The van der Waals surface area contributed by atoms with Crippen LogP contribution in [0.25, 0.3) is 0 Å². The fourth-order valence-corrected chi connectivity index (χ4v) is 3.99. The minimum absolute atomic E-state index is 0.194. The van der Waals surface area contributed by atoms with Crippen LogP contribution in [0.4, 0.5) is 0 Å². The lowest BCUT2D eigenvalue weighted by Gasteiger charge is -2.34. The second-order valence-electron chi connectivity index (χ2n) is 6.46. The third-order valence-corrected chi connectivity index (χ3v) is 5.21. The van der Waals surface area contributed by atoms with E-state index in [2.05, 4.69) is 15.3 Å². The normalized spacial score (nSPS) is 23.8. The lowest BCUT2D eigenvalue weighted by molar-refractivity contribution is 0.0665. The molecule has 0 bridgehead atoms. The van der Waals surface area contributed by atoms with Crippen molar-refractivity contribution in [3.05, 3.63) is 17.0 Å². The van der Waals surface area contributed by atoms with Crippen molar-refractivity contribution >= 4 is 5.91 Å². The number of likely N-dealkylation sites (tertiary alicyclic amines) is 1. The highest BCUT2D eigenvalue weighted by Crippen LogP contribution is 2.31. The molecule has 3 heterocycles. The van der Waals surface area contributed by atoms with Crippen molar-refractivity contribution in [1.29, 1.82) is 0 Å². The molecule has 0 radical (unpaired) electrons. The molecule has 0 aromatic carbocycles. The number of rotatable bonds is 2. The van der Waals surface area contributed by atoms with E-state index in [9.17, 15) is 4.79 Å². The van der Waals surface area contributed by atoms with Crippen LogP contribution in [-0.4, -0.2) is 46.3 Å². The van der Waals surface area contributed by atoms with Gasteiger partial charge in [-0.05, 0) is 58.5 Å². The number of hydrogen-bond donors (Lipinski definition) is 1. The molecule has 2 aliphatic rings. The number of carbonyl (C=O) groups excluding carboxylic acids is 1. The Labute approximate surface area is 126 Å². The average Bonchev–Trinajstić information content (AvgIpc) is 3.05. The van der Waals surface area contributed by atoms with Gasteiger partial charge in [0, 0.05) is 25.3 Å². The molecule has 1 N–H and O–H groups in total. The van der Waals surface area contributed by atoms with Crippen LogP contribution in [0.1, 0.15) is 47.4 Å². The maximum Gasteiger partial charge on any atom is 0.257 e. The van der Waals surface area contributed by atoms with Gasteiger partial charge in [-0.2, -0.15) is 5.10 Å². The van der Waals surface area contributed by atoms with Gasteiger partial charge in [0.25, 0.3) is 5.91 Å². The molecule has 5 nitrogen and oxygen atoms in total. The molecule has 2 aliphatic heterocycles. The number of nitrogens with zero attached hydrogens (tertiary/aromatic N) is 3. The number of hydrogen-bond acceptors (Lipinski definition) is 3. The van der Waals surface area contributed by atoms with Gasteiger partial charge in [-0.3, -0.25) is 9.48 Å². The van der Waals surface area contributed by atoms with Crippen LogP contribution in [-0.2, 0) is 7.05 Å². The van der Waals surface area contributed by atoms with Crippen LogP contribution in [0.3, 0.4) is 0 Å². The van der Waals surface area contributed by atoms with Crippen LogP contribution >= 0.6 is 0 Å². The highest BCUT2D eigenvalue weighted by atomic mass is 16.2. The zero-order valence-corrected chi connectivity index (χ0v) is 13.4. The molecule has 5 heteroatoms. The molecule has 0 spiro atoms. The van der Waals surface area contributed by atoms with E-state index >= 15 is 0 Å². The first-order valence-electron chi connectivity index (χ1n) is 8.11. The predicted octanol–water partition coefficient (Wildman–Crippen LogP) is 1.64. The van der Waals surface area contributed by atoms with Crippen molar-refractivity contribution < 1.29 is 4.79 Å². The van der Waals surface area contributed by atoms with Crippen molar-refractivity contribution in [3.63, 3.8) is 0 Å². The van der Waals surface area contributed by atoms with Crippen molar-refractivity contribution in [3.8, 4) is 0 Å². The van der Waals surface area contributed by atoms with Gasteiger partial charge in [0.15, 0.2) is 0 Å². The number of nitrogens with one attached hydrogen (secondary N) is 1. The number of carbonyl (C=O) groups is 1. The summed E-state index contributed by atoms with van der Waals surface area (Å²) in [5.41, 5.74) is 2.66. The summed E-state index contributed by atoms with van der Waals surface area (Å²) in [5.74, 6) is 0.856. The quantitative estimate of drug-likeness (QED) is 0.901. The number of piperidine rings is 1. The molecule has 3 rings (SSSR count). The third kappa shape index (κ3) is 2.59. The lowest BCUT2D eigenvalue weighted by atomic mass is 9.88. The molecule has 2 fully saturated rings. The summed E-state index contributed by atoms with van der Waals surface area (Å²) >= 11 is 0. The number of aryl methyl sites for hydroxylation is 2. The first-order valence-corrected chi connectivity index (χ1v) is 8.11. The molecule has 116 valence electrons. The smallest absolute Gasteiger partial charge is 0.257 e. The molecule has 1 atom stereocenters. The Hall–Kier alpha value is -1.36. The Bertz CT molecular complexity index is 531. The Kier molecular flexibility index (Phi) is 4.02. The van der Waals surface area contributed by atoms with Gasteiger partial charge < -0.3 is 10.2 Å².